The Morgan fingerprint density at radius 2 is 1.85 bits per heavy atom. The average Bonchev–Trinajstić information content (AvgIpc) is 3.31. The van der Waals surface area contributed by atoms with Crippen molar-refractivity contribution in [1.82, 2.24) is 20.4 Å². The number of hydrogen-bond donors (Lipinski definition) is 4. The summed E-state index contributed by atoms with van der Waals surface area (Å²) in [6.07, 6.45) is 2.53. The van der Waals surface area contributed by atoms with E-state index < -0.39 is 66.4 Å². The van der Waals surface area contributed by atoms with Gasteiger partial charge in [-0.05, 0) is 53.2 Å². The van der Waals surface area contributed by atoms with Crippen LogP contribution in [0.25, 0.3) is 0 Å². The first-order valence-electron chi connectivity index (χ1n) is 16.6. The lowest BCUT2D eigenvalue weighted by Crippen LogP contribution is -2.58. The van der Waals surface area contributed by atoms with Gasteiger partial charge >= 0.3 is 19.8 Å². The molecule has 5 rings (SSSR count). The van der Waals surface area contributed by atoms with Gasteiger partial charge in [0.25, 0.3) is 0 Å². The van der Waals surface area contributed by atoms with Crippen LogP contribution in [0.4, 0.5) is 9.59 Å². The van der Waals surface area contributed by atoms with Crippen molar-refractivity contribution in [1.29, 1.82) is 0 Å². The number of ether oxygens (including phenoxy) is 2. The average molecular weight is 689 g/mol. The number of benzene rings is 1. The Kier molecular flexibility index (Phi) is 9.82. The zero-order valence-electron chi connectivity index (χ0n) is 28.5. The fraction of sp³-hybridized carbons (Fsp3) is 0.647. The number of alkyl carbamates (subject to hydrolysis) is 1. The molecule has 0 spiro atoms. The monoisotopic (exact) mass is 688 g/mol. The number of carbonyl (C=O) groups is 4. The minimum absolute atomic E-state index is 0.00251. The molecule has 4 amide bonds. The van der Waals surface area contributed by atoms with E-state index >= 15 is 0 Å². The molecule has 0 aromatic heterocycles. The molecule has 14 heteroatoms. The van der Waals surface area contributed by atoms with Crippen LogP contribution in [0.5, 0.6) is 0 Å². The molecule has 2 fully saturated rings. The molecular weight excluding hydrogens is 639 g/mol. The number of rotatable bonds is 4. The lowest BCUT2D eigenvalue weighted by molar-refractivity contribution is -0.142. The van der Waals surface area contributed by atoms with Gasteiger partial charge in [0.1, 0.15) is 23.5 Å². The van der Waals surface area contributed by atoms with Gasteiger partial charge < -0.3 is 34.8 Å². The summed E-state index contributed by atoms with van der Waals surface area (Å²) >= 11 is 0. The van der Waals surface area contributed by atoms with Crippen LogP contribution < -0.4 is 10.6 Å². The van der Waals surface area contributed by atoms with E-state index in [1.54, 1.807) is 25.7 Å². The number of fused-ring (bicyclic) bond motifs is 3. The zero-order valence-corrected chi connectivity index (χ0v) is 29.4. The minimum Gasteiger partial charge on any atom is -0.449 e. The highest BCUT2D eigenvalue weighted by atomic mass is 31.2. The first-order valence-corrected chi connectivity index (χ1v) is 18.3. The summed E-state index contributed by atoms with van der Waals surface area (Å²) in [6.45, 7) is 13.7. The van der Waals surface area contributed by atoms with Gasteiger partial charge in [-0.1, -0.05) is 65.3 Å². The van der Waals surface area contributed by atoms with Crippen LogP contribution >= 0.6 is 7.60 Å². The molecule has 1 aliphatic carbocycles. The van der Waals surface area contributed by atoms with E-state index in [0.717, 1.165) is 36.8 Å². The molecule has 4 aliphatic rings. The predicted octanol–water partition coefficient (Wildman–Crippen LogP) is 4.20. The second-order valence-corrected chi connectivity index (χ2v) is 17.4. The summed E-state index contributed by atoms with van der Waals surface area (Å²) in [4.78, 5) is 77.9. The van der Waals surface area contributed by atoms with Crippen LogP contribution in [0.1, 0.15) is 83.4 Å². The van der Waals surface area contributed by atoms with Gasteiger partial charge in [0, 0.05) is 25.4 Å². The van der Waals surface area contributed by atoms with Crippen molar-refractivity contribution in [3.63, 3.8) is 0 Å². The zero-order chi connectivity index (χ0) is 35.2. The quantitative estimate of drug-likeness (QED) is 0.267. The molecule has 1 saturated carbocycles. The molecule has 1 saturated heterocycles. The van der Waals surface area contributed by atoms with Crippen LogP contribution in [0.15, 0.2) is 30.9 Å². The van der Waals surface area contributed by atoms with Crippen LogP contribution in [0.3, 0.4) is 0 Å². The third kappa shape index (κ3) is 7.43. The maximum atomic E-state index is 14.3. The summed E-state index contributed by atoms with van der Waals surface area (Å²) in [6, 6.07) is 3.70. The van der Waals surface area contributed by atoms with Gasteiger partial charge in [0.2, 0.25) is 11.8 Å². The van der Waals surface area contributed by atoms with E-state index in [0.29, 0.717) is 13.1 Å². The van der Waals surface area contributed by atoms with Crippen LogP contribution in [-0.2, 0) is 43.1 Å². The first kappa shape index (κ1) is 35.9. The normalized spacial score (nSPS) is 29.8. The SMILES string of the molecule is C=CC1C[C@]1(NC(=O)[C@@H]1C[C@@H]2CN1C(=O)[C@H](C(C)(C)C)NC(=O)OCC(C)(C)CCCCc1cccc3c1CN(C3)C(=O)O2)P(=O)(O)O. The van der Waals surface area contributed by atoms with Crippen molar-refractivity contribution in [3.8, 4) is 0 Å². The smallest absolute Gasteiger partial charge is 0.410 e. The number of cyclic esters (lactones) is 1. The molecule has 3 aliphatic heterocycles. The molecule has 1 aromatic carbocycles. The number of nitrogens with zero attached hydrogens (tertiary/aromatic N) is 2. The fourth-order valence-electron chi connectivity index (χ4n) is 7.08. The number of aryl methyl sites for hydroxylation is 1. The van der Waals surface area contributed by atoms with Crippen LogP contribution in [0, 0.1) is 16.7 Å². The molecule has 3 heterocycles. The molecule has 0 radical (unpaired) electrons. The minimum atomic E-state index is -4.81. The summed E-state index contributed by atoms with van der Waals surface area (Å²) in [7, 11) is -4.81. The highest BCUT2D eigenvalue weighted by Crippen LogP contribution is 2.67. The van der Waals surface area contributed by atoms with Crippen molar-refractivity contribution in [2.24, 2.45) is 16.7 Å². The van der Waals surface area contributed by atoms with Gasteiger partial charge in [-0.15, -0.1) is 6.58 Å². The molecule has 5 atom stereocenters. The highest BCUT2D eigenvalue weighted by Gasteiger charge is 2.66. The third-order valence-corrected chi connectivity index (χ3v) is 11.8. The molecule has 1 unspecified atom stereocenters. The van der Waals surface area contributed by atoms with E-state index in [2.05, 4.69) is 23.3 Å². The summed E-state index contributed by atoms with van der Waals surface area (Å²) in [5.74, 6) is -2.04. The molecule has 1 aromatic rings. The number of amides is 4. The van der Waals surface area contributed by atoms with Crippen molar-refractivity contribution in [3.05, 3.63) is 47.5 Å². The first-order chi connectivity index (χ1) is 22.3. The van der Waals surface area contributed by atoms with E-state index in [1.165, 1.54) is 16.5 Å². The van der Waals surface area contributed by atoms with E-state index in [4.69, 9.17) is 9.47 Å². The van der Waals surface area contributed by atoms with Crippen molar-refractivity contribution >= 4 is 31.6 Å². The third-order valence-electron chi connectivity index (χ3n) is 10.1. The maximum Gasteiger partial charge on any atom is 0.410 e. The van der Waals surface area contributed by atoms with Gasteiger partial charge in [0.05, 0.1) is 13.2 Å². The van der Waals surface area contributed by atoms with Gasteiger partial charge in [-0.2, -0.15) is 0 Å². The van der Waals surface area contributed by atoms with Crippen LogP contribution in [-0.4, -0.2) is 80.2 Å². The van der Waals surface area contributed by atoms with E-state index in [9.17, 15) is 33.5 Å². The van der Waals surface area contributed by atoms with Crippen molar-refractivity contribution in [2.45, 2.75) is 110 Å². The van der Waals surface area contributed by atoms with Crippen molar-refractivity contribution in [2.75, 3.05) is 13.2 Å². The Balaban J connectivity index is 1.45. The fourth-order valence-corrected chi connectivity index (χ4v) is 8.30. The summed E-state index contributed by atoms with van der Waals surface area (Å²) < 4.78 is 24.0. The molecule has 48 heavy (non-hydrogen) atoms. The van der Waals surface area contributed by atoms with Gasteiger partial charge in [-0.3, -0.25) is 19.1 Å². The van der Waals surface area contributed by atoms with E-state index in [1.807, 2.05) is 26.0 Å². The molecule has 264 valence electrons. The standard InChI is InChI=1S/C34H49N4O9P/c1-7-23-16-34(23,48(43,44)45)36-28(39)26-15-24-18-38(26)29(40)27(32(2,3)4)35-30(41)46-20-33(5,6)14-9-8-11-21-12-10-13-22-17-37(19-25(21)22)31(42)47-24/h7,10,12-13,23-24,26-27H,1,8-9,11,14-20H2,2-6H3,(H,35,41)(H,36,39)(H2,43,44,45)/t23?,24-,26+,27-,34+/m1/s1. The largest absolute Gasteiger partial charge is 0.449 e. The Labute approximate surface area is 281 Å². The van der Waals surface area contributed by atoms with Gasteiger partial charge in [-0.25, -0.2) is 9.59 Å². The highest BCUT2D eigenvalue weighted by molar-refractivity contribution is 7.54. The maximum absolute atomic E-state index is 14.3. The van der Waals surface area contributed by atoms with Crippen molar-refractivity contribution < 1.29 is 43.0 Å². The second kappa shape index (κ2) is 13.1. The molecule has 13 nitrogen and oxygen atoms in total. The molecule has 4 N–H and O–H groups in total. The lowest BCUT2D eigenvalue weighted by Gasteiger charge is -2.35. The van der Waals surface area contributed by atoms with Crippen LogP contribution in [0.2, 0.25) is 0 Å². The topological polar surface area (TPSA) is 175 Å². The Bertz CT molecular complexity index is 1520. The summed E-state index contributed by atoms with van der Waals surface area (Å²) in [5, 5.41) is 3.41. The Morgan fingerprint density at radius 3 is 2.50 bits per heavy atom. The second-order valence-electron chi connectivity index (χ2n) is 15.6. The van der Waals surface area contributed by atoms with Gasteiger partial charge in [0.15, 0.2) is 0 Å². The lowest BCUT2D eigenvalue weighted by atomic mass is 9.85. The Morgan fingerprint density at radius 1 is 1.15 bits per heavy atom. The Hall–Kier alpha value is -3.41. The molecule has 4 bridgehead atoms. The van der Waals surface area contributed by atoms with E-state index in [-0.39, 0.29) is 31.4 Å². The number of carbonyl (C=O) groups excluding carboxylic acids is 4. The summed E-state index contributed by atoms with van der Waals surface area (Å²) in [5.41, 5.74) is 2.18. The number of hydrogen-bond acceptors (Lipinski definition) is 7. The molecular formula is C34H49N4O9P. The predicted molar refractivity (Wildman–Crippen MR) is 176 cm³/mol. The number of nitrogens with one attached hydrogen (secondary N) is 2.